The van der Waals surface area contributed by atoms with Crippen LogP contribution in [0.5, 0.6) is 0 Å². The Hall–Kier alpha value is -3.59. The molecule has 0 radical (unpaired) electrons. The summed E-state index contributed by atoms with van der Waals surface area (Å²) in [5.74, 6) is 2.39. The summed E-state index contributed by atoms with van der Waals surface area (Å²) >= 11 is 0. The van der Waals surface area contributed by atoms with Crippen molar-refractivity contribution in [2.24, 2.45) is 0 Å². The first-order valence-corrected chi connectivity index (χ1v) is 10.8. The molecule has 1 aliphatic heterocycles. The van der Waals surface area contributed by atoms with Gasteiger partial charge in [0.1, 0.15) is 5.82 Å². The molecule has 1 aliphatic rings. The van der Waals surface area contributed by atoms with Crippen LogP contribution in [0.25, 0.3) is 17.0 Å². The van der Waals surface area contributed by atoms with Crippen LogP contribution >= 0.6 is 0 Å². The van der Waals surface area contributed by atoms with E-state index in [4.69, 9.17) is 0 Å². The molecule has 3 aromatic heterocycles. The van der Waals surface area contributed by atoms with Gasteiger partial charge in [-0.15, -0.1) is 15.3 Å². The molecule has 0 aliphatic carbocycles. The molecule has 4 heterocycles. The highest BCUT2D eigenvalue weighted by molar-refractivity contribution is 5.58. The van der Waals surface area contributed by atoms with E-state index in [-0.39, 0.29) is 0 Å². The SMILES string of the molecule is CN1CCN(c2cnc(-c3cccc(Cc4nnc5ccc(N(C)C)nn45)c3)nc2)CC1. The lowest BCUT2D eigenvalue weighted by Gasteiger charge is -2.33. The van der Waals surface area contributed by atoms with E-state index >= 15 is 0 Å². The highest BCUT2D eigenvalue weighted by Gasteiger charge is 2.15. The van der Waals surface area contributed by atoms with Crippen LogP contribution in [-0.4, -0.2) is 82.0 Å². The van der Waals surface area contributed by atoms with Gasteiger partial charge in [0.05, 0.1) is 18.1 Å². The number of likely N-dealkylation sites (N-methyl/N-ethyl adjacent to an activating group) is 1. The predicted molar refractivity (Wildman–Crippen MR) is 125 cm³/mol. The average Bonchev–Trinajstić information content (AvgIpc) is 3.22. The van der Waals surface area contributed by atoms with Gasteiger partial charge < -0.3 is 14.7 Å². The number of piperazine rings is 1. The van der Waals surface area contributed by atoms with Gasteiger partial charge >= 0.3 is 0 Å². The minimum atomic E-state index is 0.623. The second-order valence-electron chi connectivity index (χ2n) is 8.40. The highest BCUT2D eigenvalue weighted by Crippen LogP contribution is 2.21. The molecule has 9 nitrogen and oxygen atoms in total. The van der Waals surface area contributed by atoms with E-state index in [1.54, 1.807) is 0 Å². The average molecular weight is 430 g/mol. The number of nitrogens with zero attached hydrogens (tertiary/aromatic N) is 9. The van der Waals surface area contributed by atoms with Crippen molar-refractivity contribution in [3.8, 4) is 11.4 Å². The van der Waals surface area contributed by atoms with Crippen molar-refractivity contribution in [3.05, 3.63) is 60.2 Å². The summed E-state index contributed by atoms with van der Waals surface area (Å²) in [5.41, 5.74) is 3.92. The van der Waals surface area contributed by atoms with Crippen molar-refractivity contribution in [2.45, 2.75) is 6.42 Å². The van der Waals surface area contributed by atoms with E-state index < -0.39 is 0 Å². The summed E-state index contributed by atoms with van der Waals surface area (Å²) in [6.07, 6.45) is 4.48. The molecule has 0 amide bonds. The van der Waals surface area contributed by atoms with E-state index in [1.165, 1.54) is 0 Å². The molecule has 0 unspecified atom stereocenters. The standard InChI is InChI=1S/C23H27N9/c1-29(2)21-8-7-20-26-27-22(32(20)28-21)14-17-5-4-6-18(13-17)23-24-15-19(16-25-23)31-11-9-30(3)10-12-31/h4-8,13,15-16H,9-12,14H2,1-3H3. The minimum Gasteiger partial charge on any atom is -0.366 e. The third-order valence-corrected chi connectivity index (χ3v) is 5.83. The fourth-order valence-corrected chi connectivity index (χ4v) is 3.87. The van der Waals surface area contributed by atoms with Crippen molar-refractivity contribution in [1.82, 2.24) is 34.7 Å². The molecule has 0 atom stereocenters. The maximum Gasteiger partial charge on any atom is 0.178 e. The fourth-order valence-electron chi connectivity index (χ4n) is 3.87. The van der Waals surface area contributed by atoms with E-state index in [0.29, 0.717) is 6.42 Å². The Balaban J connectivity index is 1.36. The highest BCUT2D eigenvalue weighted by atomic mass is 15.4. The normalized spacial score (nSPS) is 14.8. The summed E-state index contributed by atoms with van der Waals surface area (Å²) in [6, 6.07) is 12.1. The number of benzene rings is 1. The number of anilines is 2. The maximum atomic E-state index is 4.66. The molecule has 9 heteroatoms. The molecule has 0 saturated carbocycles. The lowest BCUT2D eigenvalue weighted by molar-refractivity contribution is 0.312. The van der Waals surface area contributed by atoms with Crippen molar-refractivity contribution < 1.29 is 0 Å². The monoisotopic (exact) mass is 429 g/mol. The zero-order valence-electron chi connectivity index (χ0n) is 18.7. The third-order valence-electron chi connectivity index (χ3n) is 5.83. The molecule has 4 aromatic rings. The van der Waals surface area contributed by atoms with Gasteiger partial charge in [0.15, 0.2) is 17.3 Å². The number of fused-ring (bicyclic) bond motifs is 1. The predicted octanol–water partition coefficient (Wildman–Crippen LogP) is 1.99. The molecule has 32 heavy (non-hydrogen) atoms. The molecular weight excluding hydrogens is 402 g/mol. The molecule has 164 valence electrons. The van der Waals surface area contributed by atoms with Crippen LogP contribution < -0.4 is 9.80 Å². The zero-order valence-corrected chi connectivity index (χ0v) is 18.7. The first-order valence-electron chi connectivity index (χ1n) is 10.8. The number of hydrogen-bond donors (Lipinski definition) is 0. The van der Waals surface area contributed by atoms with E-state index in [9.17, 15) is 0 Å². The Kier molecular flexibility index (Phi) is 5.40. The van der Waals surface area contributed by atoms with E-state index in [1.807, 2.05) is 60.2 Å². The van der Waals surface area contributed by atoms with Gasteiger partial charge in [-0.2, -0.15) is 4.52 Å². The second kappa shape index (κ2) is 8.51. The number of rotatable bonds is 5. The third kappa shape index (κ3) is 4.11. The Labute approximate surface area is 187 Å². The van der Waals surface area contributed by atoms with Crippen molar-refractivity contribution in [3.63, 3.8) is 0 Å². The van der Waals surface area contributed by atoms with Gasteiger partial charge in [-0.25, -0.2) is 9.97 Å². The molecule has 1 aromatic carbocycles. The summed E-state index contributed by atoms with van der Waals surface area (Å²) in [4.78, 5) is 15.9. The smallest absolute Gasteiger partial charge is 0.178 e. The van der Waals surface area contributed by atoms with Gasteiger partial charge in [-0.05, 0) is 30.8 Å². The maximum absolute atomic E-state index is 4.66. The number of hydrogen-bond acceptors (Lipinski definition) is 8. The van der Waals surface area contributed by atoms with Gasteiger partial charge in [0, 0.05) is 52.3 Å². The molecule has 0 N–H and O–H groups in total. The first-order chi connectivity index (χ1) is 15.6. The number of aromatic nitrogens is 6. The summed E-state index contributed by atoms with van der Waals surface area (Å²) in [5, 5.41) is 13.3. The van der Waals surface area contributed by atoms with E-state index in [2.05, 4.69) is 54.2 Å². The molecule has 1 saturated heterocycles. The van der Waals surface area contributed by atoms with Crippen LogP contribution in [0, 0.1) is 0 Å². The van der Waals surface area contributed by atoms with Crippen molar-refractivity contribution in [1.29, 1.82) is 0 Å². The van der Waals surface area contributed by atoms with Gasteiger partial charge in [0.25, 0.3) is 0 Å². The summed E-state index contributed by atoms with van der Waals surface area (Å²) in [6.45, 7) is 4.13. The van der Waals surface area contributed by atoms with Crippen LogP contribution in [0.4, 0.5) is 11.5 Å². The lowest BCUT2D eigenvalue weighted by atomic mass is 10.1. The Morgan fingerprint density at radius 2 is 1.72 bits per heavy atom. The summed E-state index contributed by atoms with van der Waals surface area (Å²) < 4.78 is 1.81. The van der Waals surface area contributed by atoms with Gasteiger partial charge in [-0.1, -0.05) is 18.2 Å². The Morgan fingerprint density at radius 1 is 0.938 bits per heavy atom. The Bertz CT molecular complexity index is 1210. The molecule has 5 rings (SSSR count). The largest absolute Gasteiger partial charge is 0.366 e. The first kappa shape index (κ1) is 20.3. The van der Waals surface area contributed by atoms with Gasteiger partial charge in [-0.3, -0.25) is 0 Å². The Morgan fingerprint density at radius 3 is 2.47 bits per heavy atom. The zero-order chi connectivity index (χ0) is 22.1. The molecular formula is C23H27N9. The quantitative estimate of drug-likeness (QED) is 0.477. The summed E-state index contributed by atoms with van der Waals surface area (Å²) in [7, 11) is 6.09. The van der Waals surface area contributed by atoms with Crippen LogP contribution in [0.2, 0.25) is 0 Å². The molecule has 0 bridgehead atoms. The second-order valence-corrected chi connectivity index (χ2v) is 8.40. The van der Waals surface area contributed by atoms with Crippen molar-refractivity contribution >= 4 is 17.2 Å². The van der Waals surface area contributed by atoms with E-state index in [0.717, 1.165) is 66.1 Å². The van der Waals surface area contributed by atoms with Crippen LogP contribution in [0.3, 0.4) is 0 Å². The van der Waals surface area contributed by atoms with Crippen molar-refractivity contribution in [2.75, 3.05) is 57.1 Å². The van der Waals surface area contributed by atoms with Gasteiger partial charge in [0.2, 0.25) is 0 Å². The van der Waals surface area contributed by atoms with Crippen LogP contribution in [0.1, 0.15) is 11.4 Å². The minimum absolute atomic E-state index is 0.623. The lowest BCUT2D eigenvalue weighted by Crippen LogP contribution is -2.44. The molecule has 1 fully saturated rings. The fraction of sp³-hybridized carbons (Fsp3) is 0.348. The van der Waals surface area contributed by atoms with Crippen LogP contribution in [-0.2, 0) is 6.42 Å². The molecule has 0 spiro atoms. The van der Waals surface area contributed by atoms with Crippen LogP contribution in [0.15, 0.2) is 48.8 Å². The topological polar surface area (TPSA) is 78.6 Å².